The second kappa shape index (κ2) is 19.3. The Morgan fingerprint density at radius 2 is 1.59 bits per heavy atom. The van der Waals surface area contributed by atoms with Crippen LogP contribution in [0.4, 0.5) is 0 Å². The zero-order valence-corrected chi connectivity index (χ0v) is 19.2. The van der Waals surface area contributed by atoms with Gasteiger partial charge in [-0.05, 0) is 13.1 Å². The predicted molar refractivity (Wildman–Crippen MR) is 79.0 cm³/mol. The number of allylic oxidation sites excluding steroid dienone is 4. The number of hydrogen-bond acceptors (Lipinski definition) is 1. The van der Waals surface area contributed by atoms with Crippen molar-refractivity contribution in [3.05, 3.63) is 66.2 Å². The molecule has 2 rings (SSSR count). The van der Waals surface area contributed by atoms with Crippen LogP contribution in [-0.4, -0.2) is 18.0 Å². The zero-order valence-electron chi connectivity index (χ0n) is 13.3. The van der Waals surface area contributed by atoms with Crippen LogP contribution in [0.2, 0.25) is 0 Å². The van der Waals surface area contributed by atoms with E-state index in [2.05, 4.69) is 68.2 Å². The maximum atomic E-state index is 2.99. The molecule has 1 aromatic carbocycles. The van der Waals surface area contributed by atoms with Gasteiger partial charge in [-0.3, -0.25) is 6.08 Å². The maximum absolute atomic E-state index is 2.99. The molecule has 1 aliphatic carbocycles. The van der Waals surface area contributed by atoms with Gasteiger partial charge in [0.25, 0.3) is 0 Å². The molecule has 1 aromatic rings. The van der Waals surface area contributed by atoms with Crippen molar-refractivity contribution in [1.82, 2.24) is 4.90 Å². The van der Waals surface area contributed by atoms with Crippen molar-refractivity contribution in [2.75, 3.05) is 13.1 Å². The van der Waals surface area contributed by atoms with Crippen LogP contribution in [0.3, 0.4) is 0 Å². The van der Waals surface area contributed by atoms with E-state index in [1.54, 1.807) is 0 Å². The van der Waals surface area contributed by atoms with E-state index in [0.717, 1.165) is 19.5 Å². The van der Waals surface area contributed by atoms with Crippen LogP contribution in [0.25, 0.3) is 0 Å². The fourth-order valence-corrected chi connectivity index (χ4v) is 1.90. The van der Waals surface area contributed by atoms with Gasteiger partial charge in [0.15, 0.2) is 0 Å². The molecule has 126 valence electrons. The largest absolute Gasteiger partial charge is 1.00 e. The zero-order chi connectivity index (χ0) is 13.2. The van der Waals surface area contributed by atoms with Gasteiger partial charge in [-0.1, -0.05) is 26.8 Å². The van der Waals surface area contributed by atoms with Gasteiger partial charge >= 0.3 is 0 Å². The molecule has 0 N–H and O–H groups in total. The summed E-state index contributed by atoms with van der Waals surface area (Å²) in [5.74, 6) is 0. The van der Waals surface area contributed by atoms with Gasteiger partial charge in [0.2, 0.25) is 0 Å². The van der Waals surface area contributed by atoms with Crippen molar-refractivity contribution in [1.29, 1.82) is 0 Å². The van der Waals surface area contributed by atoms with Crippen molar-refractivity contribution in [3.63, 3.8) is 0 Å². The topological polar surface area (TPSA) is 3.24 Å². The molecule has 0 bridgehead atoms. The second-order valence-electron chi connectivity index (χ2n) is 4.13. The van der Waals surface area contributed by atoms with Gasteiger partial charge in [0.1, 0.15) is 0 Å². The Bertz CT molecular complexity index is 369. The minimum absolute atomic E-state index is 0. The predicted octanol–water partition coefficient (Wildman–Crippen LogP) is -4.76. The smallest absolute Gasteiger partial charge is 0 e. The summed E-state index contributed by atoms with van der Waals surface area (Å²) in [4.78, 5) is 2.37. The standard InChI is InChI=1S/C12H18N.C5H5.3ClH.Hf/c1-4-13(5-2)11(3)12-9-7-6-8-10-12;1-2-4-5-3-1;;;;/h6-10H,4-5H2,1-3H3;1-3H,4H2;3*1H;/q2*-1;;;;/p-3. The quantitative estimate of drug-likeness (QED) is 0.282. The molecule has 5 heteroatoms. The van der Waals surface area contributed by atoms with E-state index in [1.165, 1.54) is 11.6 Å². The molecule has 0 unspecified atom stereocenters. The molecule has 0 radical (unpaired) electrons. The van der Waals surface area contributed by atoms with Crippen LogP contribution in [0.1, 0.15) is 32.8 Å². The van der Waals surface area contributed by atoms with Crippen LogP contribution in [0, 0.1) is 12.1 Å². The van der Waals surface area contributed by atoms with Crippen molar-refractivity contribution in [3.8, 4) is 0 Å². The molecule has 0 saturated carbocycles. The summed E-state index contributed by atoms with van der Waals surface area (Å²) in [5.41, 5.74) is 1.33. The van der Waals surface area contributed by atoms with Gasteiger partial charge in [-0.2, -0.15) is 23.8 Å². The van der Waals surface area contributed by atoms with Crippen LogP contribution >= 0.6 is 0 Å². The maximum Gasteiger partial charge on any atom is 0 e. The Balaban J connectivity index is -0.000000156. The molecular formula is C17H23Cl3HfN-5. The monoisotopic (exact) mass is 526 g/mol. The van der Waals surface area contributed by atoms with E-state index < -0.39 is 0 Å². The summed E-state index contributed by atoms with van der Waals surface area (Å²) in [6, 6.07) is 11.9. The summed E-state index contributed by atoms with van der Waals surface area (Å²) >= 11 is 0. The Morgan fingerprint density at radius 3 is 1.91 bits per heavy atom. The van der Waals surface area contributed by atoms with Crippen molar-refractivity contribution in [2.24, 2.45) is 0 Å². The first-order valence-electron chi connectivity index (χ1n) is 6.65. The van der Waals surface area contributed by atoms with E-state index in [4.69, 9.17) is 0 Å². The fourth-order valence-electron chi connectivity index (χ4n) is 1.90. The van der Waals surface area contributed by atoms with E-state index >= 15 is 0 Å². The van der Waals surface area contributed by atoms with Gasteiger partial charge in [-0.15, -0.1) is 24.6 Å². The van der Waals surface area contributed by atoms with Gasteiger partial charge < -0.3 is 42.1 Å². The van der Waals surface area contributed by atoms with Gasteiger partial charge in [0, 0.05) is 25.8 Å². The molecule has 0 spiro atoms. The van der Waals surface area contributed by atoms with Crippen LogP contribution in [-0.2, 0) is 25.8 Å². The van der Waals surface area contributed by atoms with Crippen LogP contribution in [0.15, 0.2) is 48.6 Å². The molecule has 0 atom stereocenters. The van der Waals surface area contributed by atoms with Gasteiger partial charge in [-0.25, -0.2) is 12.2 Å². The van der Waals surface area contributed by atoms with Crippen molar-refractivity contribution < 1.29 is 63.1 Å². The first-order chi connectivity index (χ1) is 8.79. The molecule has 0 heterocycles. The minimum Gasteiger partial charge on any atom is -1.00 e. The molecule has 22 heavy (non-hydrogen) atoms. The number of hydrogen-bond donors (Lipinski definition) is 0. The van der Waals surface area contributed by atoms with E-state index in [9.17, 15) is 0 Å². The van der Waals surface area contributed by atoms with Crippen LogP contribution in [0.5, 0.6) is 0 Å². The molecule has 0 fully saturated rings. The summed E-state index contributed by atoms with van der Waals surface area (Å²) in [7, 11) is 0. The number of rotatable bonds is 4. The Morgan fingerprint density at radius 1 is 1.05 bits per heavy atom. The average molecular weight is 526 g/mol. The van der Waals surface area contributed by atoms with Crippen molar-refractivity contribution in [2.45, 2.75) is 27.2 Å². The Labute approximate surface area is 173 Å². The van der Waals surface area contributed by atoms with E-state index in [1.807, 2.05) is 12.2 Å². The SMILES string of the molecule is CCN(CC)[C-](C)c1ccccc1.[C-]1=CC=CC1.[Cl-].[Cl-].[Cl-].[Hf]. The number of benzene rings is 1. The first-order valence-corrected chi connectivity index (χ1v) is 6.65. The summed E-state index contributed by atoms with van der Waals surface area (Å²) in [6.45, 7) is 8.72. The number of nitrogens with zero attached hydrogens (tertiary/aromatic N) is 1. The Hall–Kier alpha value is 0.270. The molecular weight excluding hydrogens is 503 g/mol. The van der Waals surface area contributed by atoms with Gasteiger partial charge in [0.05, 0.1) is 0 Å². The molecule has 0 aromatic heterocycles. The van der Waals surface area contributed by atoms with Crippen LogP contribution < -0.4 is 37.2 Å². The summed E-state index contributed by atoms with van der Waals surface area (Å²) in [5, 5.41) is 0. The third-order valence-corrected chi connectivity index (χ3v) is 3.02. The molecule has 1 nitrogen and oxygen atoms in total. The van der Waals surface area contributed by atoms with Crippen molar-refractivity contribution >= 4 is 0 Å². The molecule has 0 saturated heterocycles. The molecule has 0 amide bonds. The normalized spacial score (nSPS) is 10.2. The first kappa shape index (κ1) is 30.2. The summed E-state index contributed by atoms with van der Waals surface area (Å²) in [6.07, 6.45) is 10.0. The average Bonchev–Trinajstić information content (AvgIpc) is 3.00. The fraction of sp³-hybridized carbons (Fsp3) is 0.353. The second-order valence-corrected chi connectivity index (χ2v) is 4.13. The van der Waals surface area contributed by atoms with E-state index in [-0.39, 0.29) is 63.1 Å². The molecule has 0 aliphatic heterocycles. The molecule has 1 aliphatic rings. The minimum atomic E-state index is 0. The Kier molecular flexibility index (Phi) is 26.5. The van der Waals surface area contributed by atoms with E-state index in [0.29, 0.717) is 0 Å². The third-order valence-electron chi connectivity index (χ3n) is 3.02. The third kappa shape index (κ3) is 11.8. The summed E-state index contributed by atoms with van der Waals surface area (Å²) < 4.78 is 0. The number of halogens is 3.